The van der Waals surface area contributed by atoms with Crippen LogP contribution in [0.15, 0.2) is 66.3 Å². The standard InChI is InChI=1S/C28H26N4O4S2/c33-22(15-37-28-29-26(34)23-18-8-1-2-11-21(18)38-27(23)30-28)32-25(20-10-5-13-36-20)19-9-3-6-16(24(19)31-32)14-17-7-4-12-35-17/h4-5,7,10,12-14,19,25H,1-3,6,8-9,11,15H2,(H,29,30,34). The highest BCUT2D eigenvalue weighted by Crippen LogP contribution is 2.45. The van der Waals surface area contributed by atoms with Gasteiger partial charge in [-0.25, -0.2) is 9.99 Å². The molecule has 5 heterocycles. The first-order chi connectivity index (χ1) is 18.7. The fourth-order valence-corrected chi connectivity index (χ4v) is 7.93. The lowest BCUT2D eigenvalue weighted by Crippen LogP contribution is -2.32. The van der Waals surface area contributed by atoms with Crippen LogP contribution in [0, 0.1) is 5.92 Å². The van der Waals surface area contributed by atoms with Gasteiger partial charge in [-0.05, 0) is 86.4 Å². The molecule has 0 aromatic carbocycles. The van der Waals surface area contributed by atoms with Gasteiger partial charge in [-0.2, -0.15) is 5.10 Å². The Kier molecular flexibility index (Phi) is 6.08. The van der Waals surface area contributed by atoms with Crippen molar-refractivity contribution < 1.29 is 13.6 Å². The van der Waals surface area contributed by atoms with Crippen LogP contribution >= 0.6 is 23.1 Å². The zero-order valence-corrected chi connectivity index (χ0v) is 22.3. The Labute approximate surface area is 226 Å². The number of carbonyl (C=O) groups is 1. The lowest BCUT2D eigenvalue weighted by atomic mass is 9.79. The van der Waals surface area contributed by atoms with Crippen LogP contribution in [0.1, 0.15) is 60.1 Å². The van der Waals surface area contributed by atoms with Gasteiger partial charge in [0, 0.05) is 10.8 Å². The molecule has 3 aliphatic rings. The second kappa shape index (κ2) is 9.74. The van der Waals surface area contributed by atoms with Crippen molar-refractivity contribution in [3.8, 4) is 0 Å². The fraction of sp³-hybridized carbons (Fsp3) is 0.357. The topological polar surface area (TPSA) is 105 Å². The van der Waals surface area contributed by atoms with Gasteiger partial charge in [0.2, 0.25) is 0 Å². The number of aromatic amines is 1. The molecule has 194 valence electrons. The molecule has 0 spiro atoms. The summed E-state index contributed by atoms with van der Waals surface area (Å²) in [7, 11) is 0. The van der Waals surface area contributed by atoms with E-state index in [1.807, 2.05) is 30.3 Å². The number of furan rings is 2. The summed E-state index contributed by atoms with van der Waals surface area (Å²) in [6.45, 7) is 0. The number of allylic oxidation sites excluding steroid dienone is 1. The van der Waals surface area contributed by atoms with Crippen molar-refractivity contribution in [3.63, 3.8) is 0 Å². The van der Waals surface area contributed by atoms with Crippen LogP contribution in [-0.4, -0.2) is 32.3 Å². The van der Waals surface area contributed by atoms with Crippen LogP contribution in [0.3, 0.4) is 0 Å². The zero-order valence-electron chi connectivity index (χ0n) is 20.6. The second-order valence-corrected chi connectivity index (χ2v) is 12.0. The minimum atomic E-state index is -0.299. The van der Waals surface area contributed by atoms with Crippen molar-refractivity contribution in [1.29, 1.82) is 0 Å². The van der Waals surface area contributed by atoms with Crippen LogP contribution in [-0.2, 0) is 17.6 Å². The Morgan fingerprint density at radius 3 is 2.87 bits per heavy atom. The van der Waals surface area contributed by atoms with Crippen LogP contribution in [0.4, 0.5) is 0 Å². The van der Waals surface area contributed by atoms with E-state index in [0.29, 0.717) is 5.16 Å². The highest BCUT2D eigenvalue weighted by molar-refractivity contribution is 7.99. The molecule has 0 bridgehead atoms. The Hall–Kier alpha value is -3.37. The first-order valence-corrected chi connectivity index (χ1v) is 14.8. The number of hydrazone groups is 1. The minimum Gasteiger partial charge on any atom is -0.467 e. The number of nitrogens with one attached hydrogen (secondary N) is 1. The summed E-state index contributed by atoms with van der Waals surface area (Å²) in [5.74, 6) is 1.51. The van der Waals surface area contributed by atoms with Gasteiger partial charge in [0.1, 0.15) is 22.4 Å². The lowest BCUT2D eigenvalue weighted by Gasteiger charge is -2.27. The van der Waals surface area contributed by atoms with Crippen molar-refractivity contribution in [1.82, 2.24) is 15.0 Å². The number of H-pyrrole nitrogens is 1. The van der Waals surface area contributed by atoms with E-state index >= 15 is 0 Å². The SMILES string of the molecule is O=C(CSc1nc2sc3c(c2c(=O)[nH]1)CCCC3)N1N=C2C(=Cc3ccco3)CCCC2C1c1ccco1. The van der Waals surface area contributed by atoms with E-state index in [4.69, 9.17) is 18.9 Å². The third-order valence-corrected chi connectivity index (χ3v) is 9.63. The quantitative estimate of drug-likeness (QED) is 0.244. The molecule has 10 heteroatoms. The van der Waals surface area contributed by atoms with Gasteiger partial charge in [0.05, 0.1) is 29.4 Å². The highest BCUT2D eigenvalue weighted by Gasteiger charge is 2.45. The van der Waals surface area contributed by atoms with Gasteiger partial charge in [0.25, 0.3) is 11.5 Å². The second-order valence-electron chi connectivity index (χ2n) is 9.92. The number of thioether (sulfide) groups is 1. The monoisotopic (exact) mass is 546 g/mol. The van der Waals surface area contributed by atoms with E-state index in [2.05, 4.69) is 4.98 Å². The number of rotatable bonds is 5. The summed E-state index contributed by atoms with van der Waals surface area (Å²) in [5, 5.41) is 7.63. The van der Waals surface area contributed by atoms with E-state index in [9.17, 15) is 9.59 Å². The van der Waals surface area contributed by atoms with Crippen LogP contribution in [0.2, 0.25) is 0 Å². The van der Waals surface area contributed by atoms with Crippen LogP contribution < -0.4 is 5.56 Å². The Balaban J connectivity index is 1.16. The molecule has 0 radical (unpaired) electrons. The van der Waals surface area contributed by atoms with Crippen molar-refractivity contribution >= 4 is 51.0 Å². The molecule has 1 amide bonds. The molecule has 1 N–H and O–H groups in total. The Morgan fingerprint density at radius 1 is 1.16 bits per heavy atom. The summed E-state index contributed by atoms with van der Waals surface area (Å²) in [6, 6.07) is 7.24. The Bertz CT molecular complexity index is 1610. The van der Waals surface area contributed by atoms with E-state index < -0.39 is 0 Å². The number of aryl methyl sites for hydroxylation is 2. The van der Waals surface area contributed by atoms with E-state index in [1.54, 1.807) is 28.9 Å². The summed E-state index contributed by atoms with van der Waals surface area (Å²) in [6.07, 6.45) is 12.3. The molecule has 7 rings (SSSR count). The van der Waals surface area contributed by atoms with Crippen molar-refractivity contribution in [2.75, 3.05) is 5.75 Å². The van der Waals surface area contributed by atoms with E-state index in [0.717, 1.165) is 83.5 Å². The number of hydrogen-bond acceptors (Lipinski definition) is 8. The van der Waals surface area contributed by atoms with Gasteiger partial charge in [-0.3, -0.25) is 9.59 Å². The number of aromatic nitrogens is 2. The molecule has 1 fully saturated rings. The number of amides is 1. The predicted molar refractivity (Wildman–Crippen MR) is 147 cm³/mol. The molecule has 1 saturated carbocycles. The van der Waals surface area contributed by atoms with Gasteiger partial charge in [0.15, 0.2) is 5.16 Å². The number of carbonyl (C=O) groups excluding carboxylic acids is 1. The summed E-state index contributed by atoms with van der Waals surface area (Å²) in [4.78, 5) is 36.2. The number of hydrogen-bond donors (Lipinski definition) is 1. The first kappa shape index (κ1) is 23.7. The molecule has 4 aromatic rings. The highest BCUT2D eigenvalue weighted by atomic mass is 32.2. The number of thiophene rings is 1. The number of nitrogens with zero attached hydrogens (tertiary/aromatic N) is 3. The maximum absolute atomic E-state index is 13.6. The van der Waals surface area contributed by atoms with E-state index in [-0.39, 0.29) is 29.2 Å². The molecule has 0 saturated heterocycles. The molecule has 2 aliphatic carbocycles. The van der Waals surface area contributed by atoms with Crippen molar-refractivity contribution in [2.24, 2.45) is 11.0 Å². The smallest absolute Gasteiger partial charge is 0.260 e. The molecular weight excluding hydrogens is 520 g/mol. The van der Waals surface area contributed by atoms with Crippen LogP contribution in [0.25, 0.3) is 16.3 Å². The first-order valence-electron chi connectivity index (χ1n) is 13.0. The van der Waals surface area contributed by atoms with Crippen LogP contribution in [0.5, 0.6) is 0 Å². The third kappa shape index (κ3) is 4.16. The van der Waals surface area contributed by atoms with Gasteiger partial charge >= 0.3 is 0 Å². The molecule has 38 heavy (non-hydrogen) atoms. The average molecular weight is 547 g/mol. The number of fused-ring (bicyclic) bond motifs is 4. The zero-order chi connectivity index (χ0) is 25.6. The molecule has 1 aliphatic heterocycles. The minimum absolute atomic E-state index is 0.0526. The molecular formula is C28H26N4O4S2. The Morgan fingerprint density at radius 2 is 2.03 bits per heavy atom. The third-order valence-electron chi connectivity index (χ3n) is 7.59. The molecule has 4 aromatic heterocycles. The largest absolute Gasteiger partial charge is 0.467 e. The van der Waals surface area contributed by atoms with Crippen molar-refractivity contribution in [3.05, 3.63) is 74.7 Å². The van der Waals surface area contributed by atoms with Crippen molar-refractivity contribution in [2.45, 2.75) is 56.1 Å². The molecule has 2 atom stereocenters. The molecule has 2 unspecified atom stereocenters. The molecule has 8 nitrogen and oxygen atoms in total. The summed E-state index contributed by atoms with van der Waals surface area (Å²) < 4.78 is 11.3. The lowest BCUT2D eigenvalue weighted by molar-refractivity contribution is -0.131. The predicted octanol–water partition coefficient (Wildman–Crippen LogP) is 5.96. The summed E-state index contributed by atoms with van der Waals surface area (Å²) >= 11 is 2.86. The maximum Gasteiger partial charge on any atom is 0.260 e. The maximum atomic E-state index is 13.6. The average Bonchev–Trinajstić information content (AvgIpc) is 3.72. The fourth-order valence-electron chi connectivity index (χ4n) is 5.90. The summed E-state index contributed by atoms with van der Waals surface area (Å²) in [5.41, 5.74) is 3.06. The van der Waals surface area contributed by atoms with E-state index in [1.165, 1.54) is 16.6 Å². The van der Waals surface area contributed by atoms with Gasteiger partial charge in [-0.15, -0.1) is 11.3 Å². The van der Waals surface area contributed by atoms with Gasteiger partial charge in [-0.1, -0.05) is 11.8 Å². The normalized spacial score (nSPS) is 22.1. The van der Waals surface area contributed by atoms with Gasteiger partial charge < -0.3 is 13.8 Å².